The highest BCUT2D eigenvalue weighted by molar-refractivity contribution is 7.09. The summed E-state index contributed by atoms with van der Waals surface area (Å²) in [6.45, 7) is 4.02. The number of nitrogens with zero attached hydrogens (tertiary/aromatic N) is 1. The van der Waals surface area contributed by atoms with E-state index in [-0.39, 0.29) is 6.04 Å². The molecule has 0 fully saturated rings. The Hall–Kier alpha value is -0.900. The van der Waals surface area contributed by atoms with Gasteiger partial charge in [0.15, 0.2) is 0 Å². The van der Waals surface area contributed by atoms with Gasteiger partial charge in [0.05, 0.1) is 5.01 Å². The van der Waals surface area contributed by atoms with Gasteiger partial charge in [0.2, 0.25) is 0 Å². The van der Waals surface area contributed by atoms with Crippen LogP contribution >= 0.6 is 22.9 Å². The molecule has 1 atom stereocenters. The highest BCUT2D eigenvalue weighted by Crippen LogP contribution is 2.22. The first-order valence-electron chi connectivity index (χ1n) is 5.48. The normalized spacial score (nSPS) is 12.7. The van der Waals surface area contributed by atoms with Crippen LogP contribution in [0, 0.1) is 13.8 Å². The molecule has 0 saturated heterocycles. The van der Waals surface area contributed by atoms with E-state index >= 15 is 0 Å². The molecule has 0 bridgehead atoms. The molecule has 1 unspecified atom stereocenters. The minimum atomic E-state index is -0.0436. The molecule has 2 rings (SSSR count). The molecule has 0 aliphatic rings. The van der Waals surface area contributed by atoms with Crippen molar-refractivity contribution in [1.29, 1.82) is 0 Å². The minimum absolute atomic E-state index is 0.0436. The van der Waals surface area contributed by atoms with Gasteiger partial charge in [-0.15, -0.1) is 11.3 Å². The summed E-state index contributed by atoms with van der Waals surface area (Å²) in [5.41, 5.74) is 9.45. The molecule has 2 nitrogen and oxygen atoms in total. The molecule has 4 heteroatoms. The molecule has 0 radical (unpaired) electrons. The number of halogens is 1. The van der Waals surface area contributed by atoms with Gasteiger partial charge in [-0.3, -0.25) is 0 Å². The third-order valence-electron chi connectivity index (χ3n) is 2.55. The standard InChI is InChI=1S/C13H15ClN2S/c1-8-3-10(5-11(14)4-8)12(15)6-13-16-9(2)7-17-13/h3-5,7,12H,6,15H2,1-2H3. The molecule has 2 N–H and O–H groups in total. The highest BCUT2D eigenvalue weighted by atomic mass is 35.5. The van der Waals surface area contributed by atoms with E-state index in [2.05, 4.69) is 11.1 Å². The highest BCUT2D eigenvalue weighted by Gasteiger charge is 2.10. The van der Waals surface area contributed by atoms with Gasteiger partial charge in [-0.25, -0.2) is 4.98 Å². The van der Waals surface area contributed by atoms with Crippen LogP contribution in [0.5, 0.6) is 0 Å². The summed E-state index contributed by atoms with van der Waals surface area (Å²) in [7, 11) is 0. The molecular weight excluding hydrogens is 252 g/mol. The zero-order chi connectivity index (χ0) is 12.4. The van der Waals surface area contributed by atoms with E-state index in [1.165, 1.54) is 0 Å². The molecule has 0 amide bonds. The summed E-state index contributed by atoms with van der Waals surface area (Å²) in [5.74, 6) is 0. The first-order chi connectivity index (χ1) is 8.04. The van der Waals surface area contributed by atoms with Gasteiger partial charge in [0, 0.05) is 28.6 Å². The third kappa shape index (κ3) is 3.28. The van der Waals surface area contributed by atoms with Crippen LogP contribution in [-0.4, -0.2) is 4.98 Å². The van der Waals surface area contributed by atoms with E-state index < -0.39 is 0 Å². The number of hydrogen-bond donors (Lipinski definition) is 1. The second-order valence-electron chi connectivity index (χ2n) is 4.26. The van der Waals surface area contributed by atoms with E-state index in [4.69, 9.17) is 17.3 Å². The number of nitrogens with two attached hydrogens (primary N) is 1. The number of thiazole rings is 1. The molecule has 1 heterocycles. The Bertz CT molecular complexity index is 502. The quantitative estimate of drug-likeness (QED) is 0.921. The molecule has 1 aromatic heterocycles. The van der Waals surface area contributed by atoms with E-state index in [9.17, 15) is 0 Å². The van der Waals surface area contributed by atoms with Gasteiger partial charge in [-0.1, -0.05) is 17.7 Å². The molecular formula is C13H15ClN2S. The Morgan fingerprint density at radius 3 is 2.71 bits per heavy atom. The average Bonchev–Trinajstić information content (AvgIpc) is 2.62. The summed E-state index contributed by atoms with van der Waals surface area (Å²) in [5, 5.41) is 3.86. The van der Waals surface area contributed by atoms with Crippen LogP contribution in [0.25, 0.3) is 0 Å². The van der Waals surface area contributed by atoms with Crippen LogP contribution < -0.4 is 5.73 Å². The van der Waals surface area contributed by atoms with Gasteiger partial charge >= 0.3 is 0 Å². The maximum absolute atomic E-state index is 6.18. The first-order valence-corrected chi connectivity index (χ1v) is 6.74. The lowest BCUT2D eigenvalue weighted by Crippen LogP contribution is -2.13. The summed E-state index contributed by atoms with van der Waals surface area (Å²) in [6.07, 6.45) is 0.762. The predicted octanol–water partition coefficient (Wildman–Crippen LogP) is 3.66. The van der Waals surface area contributed by atoms with Crippen LogP contribution in [0.3, 0.4) is 0 Å². The average molecular weight is 267 g/mol. The van der Waals surface area contributed by atoms with Crippen molar-refractivity contribution in [3.8, 4) is 0 Å². The molecule has 17 heavy (non-hydrogen) atoms. The van der Waals surface area contributed by atoms with Crippen LogP contribution in [0.1, 0.15) is 27.9 Å². The van der Waals surface area contributed by atoms with Crippen LogP contribution in [0.15, 0.2) is 23.6 Å². The van der Waals surface area contributed by atoms with Crippen molar-refractivity contribution in [2.24, 2.45) is 5.73 Å². The smallest absolute Gasteiger partial charge is 0.0947 e. The fraction of sp³-hybridized carbons (Fsp3) is 0.308. The van der Waals surface area contributed by atoms with Crippen molar-refractivity contribution in [2.45, 2.75) is 26.3 Å². The van der Waals surface area contributed by atoms with Gasteiger partial charge in [-0.2, -0.15) is 0 Å². The second kappa shape index (κ2) is 5.17. The molecule has 0 aliphatic heterocycles. The fourth-order valence-electron chi connectivity index (χ4n) is 1.78. The molecule has 1 aromatic carbocycles. The maximum atomic E-state index is 6.18. The van der Waals surface area contributed by atoms with E-state index in [1.54, 1.807) is 11.3 Å². The van der Waals surface area contributed by atoms with Crippen LogP contribution in [0.4, 0.5) is 0 Å². The lowest BCUT2D eigenvalue weighted by molar-refractivity contribution is 0.716. The zero-order valence-electron chi connectivity index (χ0n) is 9.90. The van der Waals surface area contributed by atoms with Crippen molar-refractivity contribution in [3.05, 3.63) is 50.4 Å². The Kier molecular flexibility index (Phi) is 3.82. The third-order valence-corrected chi connectivity index (χ3v) is 3.76. The van der Waals surface area contributed by atoms with Crippen molar-refractivity contribution in [1.82, 2.24) is 4.98 Å². The van der Waals surface area contributed by atoms with E-state index in [0.717, 1.165) is 33.3 Å². The summed E-state index contributed by atoms with van der Waals surface area (Å²) in [6, 6.07) is 5.90. The fourth-order valence-corrected chi connectivity index (χ4v) is 2.91. The van der Waals surface area contributed by atoms with Gasteiger partial charge < -0.3 is 5.73 Å². The molecule has 0 aliphatic carbocycles. The lowest BCUT2D eigenvalue weighted by atomic mass is 10.0. The summed E-state index contributed by atoms with van der Waals surface area (Å²) < 4.78 is 0. The number of hydrogen-bond acceptors (Lipinski definition) is 3. The number of aromatic nitrogens is 1. The zero-order valence-corrected chi connectivity index (χ0v) is 11.5. The number of rotatable bonds is 3. The summed E-state index contributed by atoms with van der Waals surface area (Å²) >= 11 is 7.69. The molecule has 0 saturated carbocycles. The first kappa shape index (κ1) is 12.6. The van der Waals surface area contributed by atoms with Gasteiger partial charge in [0.1, 0.15) is 0 Å². The minimum Gasteiger partial charge on any atom is -0.324 e. The van der Waals surface area contributed by atoms with E-state index in [1.807, 2.05) is 31.4 Å². The molecule has 2 aromatic rings. The Labute approximate surface area is 110 Å². The van der Waals surface area contributed by atoms with Crippen molar-refractivity contribution in [3.63, 3.8) is 0 Å². The largest absolute Gasteiger partial charge is 0.324 e. The topological polar surface area (TPSA) is 38.9 Å². The van der Waals surface area contributed by atoms with Crippen molar-refractivity contribution >= 4 is 22.9 Å². The number of aryl methyl sites for hydroxylation is 2. The predicted molar refractivity (Wildman–Crippen MR) is 73.7 cm³/mol. The monoisotopic (exact) mass is 266 g/mol. The van der Waals surface area contributed by atoms with Crippen LogP contribution in [0.2, 0.25) is 5.02 Å². The summed E-state index contributed by atoms with van der Waals surface area (Å²) in [4.78, 5) is 4.43. The van der Waals surface area contributed by atoms with Crippen molar-refractivity contribution in [2.75, 3.05) is 0 Å². The Morgan fingerprint density at radius 1 is 1.35 bits per heavy atom. The van der Waals surface area contributed by atoms with Gasteiger partial charge in [-0.05, 0) is 37.1 Å². The molecule has 0 spiro atoms. The molecule has 90 valence electrons. The van der Waals surface area contributed by atoms with Gasteiger partial charge in [0.25, 0.3) is 0 Å². The Morgan fingerprint density at radius 2 is 2.12 bits per heavy atom. The number of benzene rings is 1. The SMILES string of the molecule is Cc1cc(Cl)cc(C(N)Cc2nc(C)cs2)c1. The van der Waals surface area contributed by atoms with Crippen LogP contribution in [-0.2, 0) is 6.42 Å². The second-order valence-corrected chi connectivity index (χ2v) is 5.63. The lowest BCUT2D eigenvalue weighted by Gasteiger charge is -2.11. The van der Waals surface area contributed by atoms with E-state index in [0.29, 0.717) is 0 Å². The van der Waals surface area contributed by atoms with Crippen molar-refractivity contribution < 1.29 is 0 Å². The maximum Gasteiger partial charge on any atom is 0.0947 e. The Balaban J connectivity index is 2.16.